The normalized spacial score (nSPS) is 22.2. The van der Waals surface area contributed by atoms with Gasteiger partial charge < -0.3 is 5.11 Å². The highest BCUT2D eigenvalue weighted by Crippen LogP contribution is 2.11. The number of imide groups is 1. The molecule has 0 spiro atoms. The molecule has 1 aliphatic heterocycles. The van der Waals surface area contributed by atoms with Gasteiger partial charge in [0.1, 0.15) is 0 Å². The average Bonchev–Trinajstić information content (AvgIpc) is 2.29. The summed E-state index contributed by atoms with van der Waals surface area (Å²) in [5.41, 5.74) is 0.519. The van der Waals surface area contributed by atoms with Gasteiger partial charge in [-0.25, -0.2) is 0 Å². The zero-order valence-corrected chi connectivity index (χ0v) is 7.54. The van der Waals surface area contributed by atoms with Crippen molar-refractivity contribution < 1.29 is 14.7 Å². The van der Waals surface area contributed by atoms with Crippen molar-refractivity contribution in [3.05, 3.63) is 11.6 Å². The highest BCUT2D eigenvalue weighted by atomic mass is 16.3. The van der Waals surface area contributed by atoms with Crippen LogP contribution in [-0.4, -0.2) is 23.0 Å². The van der Waals surface area contributed by atoms with Crippen molar-refractivity contribution in [3.8, 4) is 0 Å². The number of hydrogen-bond donors (Lipinski definition) is 2. The molecule has 72 valence electrons. The van der Waals surface area contributed by atoms with Crippen LogP contribution in [0.15, 0.2) is 11.6 Å². The molecule has 0 radical (unpaired) electrons. The maximum atomic E-state index is 11.0. The molecule has 0 aromatic heterocycles. The first-order valence-corrected chi connectivity index (χ1v) is 4.31. The maximum Gasteiger partial charge on any atom is 0.253 e. The summed E-state index contributed by atoms with van der Waals surface area (Å²) < 4.78 is 0. The number of aliphatic hydroxyl groups excluding tert-OH is 1. The fraction of sp³-hybridized carbons (Fsp3) is 0.556. The number of allylic oxidation sites excluding steroid dienone is 1. The van der Waals surface area contributed by atoms with Crippen LogP contribution in [0.1, 0.15) is 26.2 Å². The van der Waals surface area contributed by atoms with Crippen LogP contribution in [0, 0.1) is 0 Å². The Labute approximate surface area is 76.6 Å². The molecule has 1 rings (SSSR count). The van der Waals surface area contributed by atoms with Crippen LogP contribution in [0.5, 0.6) is 0 Å². The quantitative estimate of drug-likeness (QED) is 0.482. The first-order chi connectivity index (χ1) is 6.09. The van der Waals surface area contributed by atoms with Gasteiger partial charge in [-0.1, -0.05) is 6.08 Å². The predicted molar refractivity (Wildman–Crippen MR) is 46.8 cm³/mol. The standard InChI is InChI=1S/C9H13NO3/c1-6(11)3-2-4-7-5-8(12)10-9(7)13/h4,6,11H,2-3,5H2,1H3,(H,10,12,13). The van der Waals surface area contributed by atoms with Crippen molar-refractivity contribution in [2.75, 3.05) is 0 Å². The van der Waals surface area contributed by atoms with Crippen molar-refractivity contribution >= 4 is 11.8 Å². The average molecular weight is 183 g/mol. The third-order valence-electron chi connectivity index (χ3n) is 1.87. The summed E-state index contributed by atoms with van der Waals surface area (Å²) in [7, 11) is 0. The second-order valence-corrected chi connectivity index (χ2v) is 3.21. The van der Waals surface area contributed by atoms with Gasteiger partial charge in [0.15, 0.2) is 0 Å². The molecule has 1 heterocycles. The van der Waals surface area contributed by atoms with E-state index in [0.29, 0.717) is 18.4 Å². The zero-order chi connectivity index (χ0) is 9.84. The minimum atomic E-state index is -0.364. The molecule has 0 aliphatic carbocycles. The van der Waals surface area contributed by atoms with Crippen LogP contribution in [-0.2, 0) is 9.59 Å². The summed E-state index contributed by atoms with van der Waals surface area (Å²) in [6.45, 7) is 1.69. The molecule has 0 saturated carbocycles. The second-order valence-electron chi connectivity index (χ2n) is 3.21. The van der Waals surface area contributed by atoms with Crippen molar-refractivity contribution in [3.63, 3.8) is 0 Å². The van der Waals surface area contributed by atoms with E-state index in [9.17, 15) is 9.59 Å². The van der Waals surface area contributed by atoms with E-state index in [1.807, 2.05) is 0 Å². The Hall–Kier alpha value is -1.16. The predicted octanol–water partition coefficient (Wildman–Crippen LogP) is 0.120. The number of carbonyl (C=O) groups is 2. The topological polar surface area (TPSA) is 66.4 Å². The zero-order valence-electron chi connectivity index (χ0n) is 7.54. The minimum absolute atomic E-state index is 0.179. The molecule has 0 bridgehead atoms. The highest BCUT2D eigenvalue weighted by molar-refractivity contribution is 6.13. The van der Waals surface area contributed by atoms with E-state index < -0.39 is 0 Å². The molecule has 4 nitrogen and oxygen atoms in total. The van der Waals surface area contributed by atoms with Gasteiger partial charge in [0, 0.05) is 5.57 Å². The number of carbonyl (C=O) groups excluding carboxylic acids is 2. The molecule has 1 atom stereocenters. The Morgan fingerprint density at radius 1 is 1.62 bits per heavy atom. The molecule has 0 aromatic carbocycles. The molecule has 13 heavy (non-hydrogen) atoms. The van der Waals surface area contributed by atoms with Crippen LogP contribution in [0.25, 0.3) is 0 Å². The van der Waals surface area contributed by atoms with Gasteiger partial charge in [-0.15, -0.1) is 0 Å². The Morgan fingerprint density at radius 3 is 2.77 bits per heavy atom. The molecule has 4 heteroatoms. The van der Waals surface area contributed by atoms with Crippen molar-refractivity contribution in [2.45, 2.75) is 32.3 Å². The maximum absolute atomic E-state index is 11.0. The fourth-order valence-corrected chi connectivity index (χ4v) is 1.17. The Kier molecular flexibility index (Phi) is 3.19. The Balaban J connectivity index is 2.43. The van der Waals surface area contributed by atoms with Crippen LogP contribution < -0.4 is 5.32 Å². The van der Waals surface area contributed by atoms with E-state index in [-0.39, 0.29) is 24.3 Å². The summed E-state index contributed by atoms with van der Waals surface area (Å²) in [6, 6.07) is 0. The number of rotatable bonds is 3. The Bertz CT molecular complexity index is 256. The molecule has 1 fully saturated rings. The lowest BCUT2D eigenvalue weighted by molar-refractivity contribution is -0.124. The minimum Gasteiger partial charge on any atom is -0.393 e. The van der Waals surface area contributed by atoms with E-state index in [0.717, 1.165) is 0 Å². The summed E-state index contributed by atoms with van der Waals surface area (Å²) in [5.74, 6) is -0.538. The van der Waals surface area contributed by atoms with E-state index in [2.05, 4.69) is 5.32 Å². The van der Waals surface area contributed by atoms with Gasteiger partial charge >= 0.3 is 0 Å². The van der Waals surface area contributed by atoms with Crippen LogP contribution in [0.3, 0.4) is 0 Å². The molecule has 2 amide bonds. The van der Waals surface area contributed by atoms with Crippen molar-refractivity contribution in [2.24, 2.45) is 0 Å². The largest absolute Gasteiger partial charge is 0.393 e. The van der Waals surface area contributed by atoms with Crippen molar-refractivity contribution in [1.29, 1.82) is 0 Å². The van der Waals surface area contributed by atoms with Crippen LogP contribution in [0.4, 0.5) is 0 Å². The second kappa shape index (κ2) is 4.18. The summed E-state index contributed by atoms with van der Waals surface area (Å²) in [5, 5.41) is 11.1. The highest BCUT2D eigenvalue weighted by Gasteiger charge is 2.22. The van der Waals surface area contributed by atoms with Gasteiger partial charge in [-0.2, -0.15) is 0 Å². The number of hydrogen-bond acceptors (Lipinski definition) is 3. The van der Waals surface area contributed by atoms with Gasteiger partial charge in [0.25, 0.3) is 5.91 Å². The molecule has 1 unspecified atom stereocenters. The first kappa shape index (κ1) is 9.92. The molecular weight excluding hydrogens is 170 g/mol. The van der Waals surface area contributed by atoms with E-state index in [1.165, 1.54) is 0 Å². The monoisotopic (exact) mass is 183 g/mol. The van der Waals surface area contributed by atoms with Crippen LogP contribution >= 0.6 is 0 Å². The SMILES string of the molecule is CC(O)CCC=C1CC(=O)NC1=O. The molecule has 0 aromatic rings. The van der Waals surface area contributed by atoms with E-state index in [1.54, 1.807) is 13.0 Å². The van der Waals surface area contributed by atoms with Crippen LogP contribution in [0.2, 0.25) is 0 Å². The van der Waals surface area contributed by atoms with Gasteiger partial charge in [0.2, 0.25) is 5.91 Å². The van der Waals surface area contributed by atoms with Crippen molar-refractivity contribution in [1.82, 2.24) is 5.32 Å². The lowest BCUT2D eigenvalue weighted by atomic mass is 10.1. The summed E-state index contributed by atoms with van der Waals surface area (Å²) in [6.07, 6.45) is 2.78. The molecule has 2 N–H and O–H groups in total. The lowest BCUT2D eigenvalue weighted by Crippen LogP contribution is -2.19. The lowest BCUT2D eigenvalue weighted by Gasteiger charge is -1.99. The number of amides is 2. The fourth-order valence-electron chi connectivity index (χ4n) is 1.17. The van der Waals surface area contributed by atoms with E-state index in [4.69, 9.17) is 5.11 Å². The van der Waals surface area contributed by atoms with Gasteiger partial charge in [-0.3, -0.25) is 14.9 Å². The van der Waals surface area contributed by atoms with Gasteiger partial charge in [-0.05, 0) is 19.8 Å². The molecule has 1 saturated heterocycles. The first-order valence-electron chi connectivity index (χ1n) is 4.31. The summed E-state index contributed by atoms with van der Waals surface area (Å²) in [4.78, 5) is 21.7. The third kappa shape index (κ3) is 2.99. The molecule has 1 aliphatic rings. The number of nitrogens with one attached hydrogen (secondary N) is 1. The molecular formula is C9H13NO3. The summed E-state index contributed by atoms with van der Waals surface area (Å²) >= 11 is 0. The number of aliphatic hydroxyl groups is 1. The Morgan fingerprint density at radius 2 is 2.31 bits per heavy atom. The van der Waals surface area contributed by atoms with E-state index >= 15 is 0 Å². The van der Waals surface area contributed by atoms with Gasteiger partial charge in [0.05, 0.1) is 12.5 Å². The smallest absolute Gasteiger partial charge is 0.253 e. The third-order valence-corrected chi connectivity index (χ3v) is 1.87.